The average molecular weight is 426 g/mol. The molecule has 0 spiro atoms. The first-order chi connectivity index (χ1) is 14.4. The number of hydrogen-bond donors (Lipinski definition) is 0. The van der Waals surface area contributed by atoms with Gasteiger partial charge in [0.25, 0.3) is 5.91 Å². The van der Waals surface area contributed by atoms with E-state index in [4.69, 9.17) is 4.74 Å². The Morgan fingerprint density at radius 3 is 2.37 bits per heavy atom. The van der Waals surface area contributed by atoms with E-state index in [-0.39, 0.29) is 23.9 Å². The number of hydrogen-bond acceptors (Lipinski definition) is 5. The summed E-state index contributed by atoms with van der Waals surface area (Å²) in [6, 6.07) is 13.9. The second-order valence-corrected chi connectivity index (χ2v) is 9.11. The first-order valence-electron chi connectivity index (χ1n) is 9.69. The minimum atomic E-state index is -3.69. The molecule has 30 heavy (non-hydrogen) atoms. The van der Waals surface area contributed by atoms with Gasteiger partial charge in [0.1, 0.15) is 5.75 Å². The van der Waals surface area contributed by atoms with Gasteiger partial charge in [-0.05, 0) is 55.0 Å². The van der Waals surface area contributed by atoms with Gasteiger partial charge in [-0.25, -0.2) is 8.42 Å². The van der Waals surface area contributed by atoms with Crippen molar-refractivity contribution in [2.24, 2.45) is 0 Å². The smallest absolute Gasteiger partial charge is 0.253 e. The fraction of sp³-hybridized carbons (Fsp3) is 0.273. The standard InChI is InChI=1S/C22H23N3O4S/c1-16-5-10-20(19-4-3-11-23-21(16)19)30(27,28)25-14-12-24(13-15-25)22(26)17-6-8-18(29-2)9-7-17/h3-11H,12-15H2,1-2H3. The lowest BCUT2D eigenvalue weighted by molar-refractivity contribution is 0.0698. The molecule has 1 saturated heterocycles. The summed E-state index contributed by atoms with van der Waals surface area (Å²) in [4.78, 5) is 19.0. The van der Waals surface area contributed by atoms with Crippen LogP contribution in [0.3, 0.4) is 0 Å². The molecule has 0 unspecified atom stereocenters. The summed E-state index contributed by atoms with van der Waals surface area (Å²) in [5.74, 6) is 0.571. The zero-order valence-electron chi connectivity index (χ0n) is 16.9. The van der Waals surface area contributed by atoms with Gasteiger partial charge in [0.05, 0.1) is 17.5 Å². The SMILES string of the molecule is COc1ccc(C(=O)N2CCN(S(=O)(=O)c3ccc(C)c4ncccc34)CC2)cc1. The number of methoxy groups -OCH3 is 1. The van der Waals surface area contributed by atoms with Crippen molar-refractivity contribution in [1.82, 2.24) is 14.2 Å². The number of amides is 1. The molecule has 0 bridgehead atoms. The third kappa shape index (κ3) is 3.64. The number of aryl methyl sites for hydroxylation is 1. The summed E-state index contributed by atoms with van der Waals surface area (Å²) in [6.07, 6.45) is 1.66. The van der Waals surface area contributed by atoms with E-state index in [0.29, 0.717) is 35.3 Å². The van der Waals surface area contributed by atoms with Crippen LogP contribution in [0, 0.1) is 6.92 Å². The van der Waals surface area contributed by atoms with Crippen LogP contribution in [0.15, 0.2) is 59.6 Å². The average Bonchev–Trinajstić information content (AvgIpc) is 2.79. The molecule has 1 fully saturated rings. The molecule has 0 radical (unpaired) electrons. The van der Waals surface area contributed by atoms with Crippen LogP contribution >= 0.6 is 0 Å². The van der Waals surface area contributed by atoms with Gasteiger partial charge < -0.3 is 9.64 Å². The molecular weight excluding hydrogens is 402 g/mol. The third-order valence-electron chi connectivity index (χ3n) is 5.41. The number of ether oxygens (including phenoxy) is 1. The van der Waals surface area contributed by atoms with Crippen LogP contribution < -0.4 is 4.74 Å². The molecule has 1 aliphatic rings. The fourth-order valence-corrected chi connectivity index (χ4v) is 5.30. The number of nitrogens with zero attached hydrogens (tertiary/aromatic N) is 3. The maximum absolute atomic E-state index is 13.3. The van der Waals surface area contributed by atoms with Crippen molar-refractivity contribution in [3.05, 3.63) is 65.9 Å². The van der Waals surface area contributed by atoms with Crippen molar-refractivity contribution in [2.75, 3.05) is 33.3 Å². The fourth-order valence-electron chi connectivity index (χ4n) is 3.70. The van der Waals surface area contributed by atoms with Crippen molar-refractivity contribution >= 4 is 26.8 Å². The Labute approximate surface area is 175 Å². The van der Waals surface area contributed by atoms with Crippen LogP contribution in [0.4, 0.5) is 0 Å². The number of pyridine rings is 1. The van der Waals surface area contributed by atoms with Crippen LogP contribution in [-0.2, 0) is 10.0 Å². The molecule has 1 aromatic heterocycles. The lowest BCUT2D eigenvalue weighted by Crippen LogP contribution is -2.50. The quantitative estimate of drug-likeness (QED) is 0.642. The molecule has 7 nitrogen and oxygen atoms in total. The van der Waals surface area contributed by atoms with Crippen molar-refractivity contribution in [2.45, 2.75) is 11.8 Å². The first kappa shape index (κ1) is 20.3. The van der Waals surface area contributed by atoms with Gasteiger partial charge in [-0.3, -0.25) is 9.78 Å². The molecule has 2 heterocycles. The Bertz CT molecular complexity index is 1180. The molecule has 0 saturated carbocycles. The van der Waals surface area contributed by atoms with Gasteiger partial charge >= 0.3 is 0 Å². The summed E-state index contributed by atoms with van der Waals surface area (Å²) >= 11 is 0. The molecule has 0 aliphatic carbocycles. The summed E-state index contributed by atoms with van der Waals surface area (Å²) in [5, 5.41) is 0.620. The highest BCUT2D eigenvalue weighted by atomic mass is 32.2. The maximum Gasteiger partial charge on any atom is 0.253 e. The number of benzene rings is 2. The van der Waals surface area contributed by atoms with E-state index in [0.717, 1.165) is 5.56 Å². The Hall–Kier alpha value is -2.97. The largest absolute Gasteiger partial charge is 0.497 e. The Kier molecular flexibility index (Phi) is 5.44. The second-order valence-electron chi connectivity index (χ2n) is 7.20. The van der Waals surface area contributed by atoms with Crippen LogP contribution in [-0.4, -0.2) is 61.8 Å². The van der Waals surface area contributed by atoms with Crippen LogP contribution in [0.5, 0.6) is 5.75 Å². The predicted molar refractivity (Wildman–Crippen MR) is 114 cm³/mol. The van der Waals surface area contributed by atoms with Gasteiger partial charge in [0, 0.05) is 43.3 Å². The number of carbonyl (C=O) groups excluding carboxylic acids is 1. The Morgan fingerprint density at radius 1 is 1.00 bits per heavy atom. The Balaban J connectivity index is 1.52. The van der Waals surface area contributed by atoms with E-state index in [1.165, 1.54) is 4.31 Å². The number of rotatable bonds is 4. The molecule has 156 valence electrons. The number of carbonyl (C=O) groups is 1. The van der Waals surface area contributed by atoms with Crippen molar-refractivity contribution in [3.63, 3.8) is 0 Å². The predicted octanol–water partition coefficient (Wildman–Crippen LogP) is 2.70. The van der Waals surface area contributed by atoms with E-state index in [9.17, 15) is 13.2 Å². The number of piperazine rings is 1. The minimum Gasteiger partial charge on any atom is -0.497 e. The highest BCUT2D eigenvalue weighted by molar-refractivity contribution is 7.89. The molecule has 2 aromatic carbocycles. The van der Waals surface area contributed by atoms with Gasteiger partial charge in [-0.15, -0.1) is 0 Å². The lowest BCUT2D eigenvalue weighted by atomic mass is 10.1. The van der Waals surface area contributed by atoms with E-state index in [2.05, 4.69) is 4.98 Å². The molecule has 0 N–H and O–H groups in total. The van der Waals surface area contributed by atoms with Crippen molar-refractivity contribution in [1.29, 1.82) is 0 Å². The zero-order chi connectivity index (χ0) is 21.3. The van der Waals surface area contributed by atoms with Gasteiger partial charge in [-0.1, -0.05) is 6.07 Å². The van der Waals surface area contributed by atoms with E-state index < -0.39 is 10.0 Å². The van der Waals surface area contributed by atoms with Gasteiger partial charge in [-0.2, -0.15) is 4.31 Å². The second kappa shape index (κ2) is 8.04. The lowest BCUT2D eigenvalue weighted by Gasteiger charge is -2.34. The topological polar surface area (TPSA) is 79.8 Å². The summed E-state index contributed by atoms with van der Waals surface area (Å²) in [5.41, 5.74) is 2.18. The van der Waals surface area contributed by atoms with Crippen LogP contribution in [0.2, 0.25) is 0 Å². The molecule has 1 amide bonds. The summed E-state index contributed by atoms with van der Waals surface area (Å²) in [7, 11) is -2.12. The minimum absolute atomic E-state index is 0.111. The molecule has 8 heteroatoms. The molecule has 4 rings (SSSR count). The summed E-state index contributed by atoms with van der Waals surface area (Å²) in [6.45, 7) is 3.09. The van der Waals surface area contributed by atoms with Crippen LogP contribution in [0.25, 0.3) is 10.9 Å². The molecular formula is C22H23N3O4S. The van der Waals surface area contributed by atoms with Gasteiger partial charge in [0.15, 0.2) is 0 Å². The summed E-state index contributed by atoms with van der Waals surface area (Å²) < 4.78 is 33.2. The molecule has 3 aromatic rings. The van der Waals surface area contributed by atoms with Gasteiger partial charge in [0.2, 0.25) is 10.0 Å². The highest BCUT2D eigenvalue weighted by Gasteiger charge is 2.31. The number of aromatic nitrogens is 1. The number of fused-ring (bicyclic) bond motifs is 1. The van der Waals surface area contributed by atoms with E-state index >= 15 is 0 Å². The molecule has 1 aliphatic heterocycles. The molecule has 0 atom stereocenters. The monoisotopic (exact) mass is 425 g/mol. The third-order valence-corrected chi connectivity index (χ3v) is 7.37. The first-order valence-corrected chi connectivity index (χ1v) is 11.1. The zero-order valence-corrected chi connectivity index (χ0v) is 17.7. The van der Waals surface area contributed by atoms with E-state index in [1.54, 1.807) is 66.7 Å². The highest BCUT2D eigenvalue weighted by Crippen LogP contribution is 2.27. The normalized spacial score (nSPS) is 15.3. The van der Waals surface area contributed by atoms with Crippen molar-refractivity contribution < 1.29 is 17.9 Å². The number of sulfonamides is 1. The Morgan fingerprint density at radius 2 is 1.70 bits per heavy atom. The van der Waals surface area contributed by atoms with Crippen LogP contribution in [0.1, 0.15) is 15.9 Å². The van der Waals surface area contributed by atoms with Crippen molar-refractivity contribution in [3.8, 4) is 5.75 Å². The maximum atomic E-state index is 13.3. The van der Waals surface area contributed by atoms with E-state index in [1.807, 2.05) is 6.92 Å².